The fraction of sp³-hybridized carbons (Fsp3) is 0.0909. The number of hydrogen-bond acceptors (Lipinski definition) is 5. The number of halogens is 1. The summed E-state index contributed by atoms with van der Waals surface area (Å²) in [6.45, 7) is -0.190. The molecule has 0 amide bonds. The van der Waals surface area contributed by atoms with Gasteiger partial charge in [0.2, 0.25) is 0 Å². The minimum absolute atomic E-state index is 0.113. The highest BCUT2D eigenvalue weighted by molar-refractivity contribution is 9.10. The van der Waals surface area contributed by atoms with Gasteiger partial charge in [-0.1, -0.05) is 18.2 Å². The molecule has 0 aliphatic heterocycles. The van der Waals surface area contributed by atoms with Crippen LogP contribution in [0.2, 0.25) is 0 Å². The van der Waals surface area contributed by atoms with E-state index in [1.54, 1.807) is 18.2 Å². The molecular formula is C11H9BrN2O3S. The lowest BCUT2D eigenvalue weighted by atomic mass is 10.4. The Balaban J connectivity index is 2.08. The van der Waals surface area contributed by atoms with Crippen LogP contribution in [0.15, 0.2) is 52.1 Å². The van der Waals surface area contributed by atoms with E-state index in [1.807, 2.05) is 0 Å². The summed E-state index contributed by atoms with van der Waals surface area (Å²) in [6, 6.07) is 7.94. The summed E-state index contributed by atoms with van der Waals surface area (Å²) in [5, 5.41) is 0. The molecule has 0 saturated heterocycles. The van der Waals surface area contributed by atoms with Gasteiger partial charge in [-0.05, 0) is 28.1 Å². The monoisotopic (exact) mass is 328 g/mol. The molecule has 0 N–H and O–H groups in total. The van der Waals surface area contributed by atoms with Crippen molar-refractivity contribution in [2.24, 2.45) is 0 Å². The summed E-state index contributed by atoms with van der Waals surface area (Å²) in [6.07, 6.45) is 3.06. The predicted molar refractivity (Wildman–Crippen MR) is 68.1 cm³/mol. The second kappa shape index (κ2) is 5.55. The quantitative estimate of drug-likeness (QED) is 0.804. The maximum Gasteiger partial charge on any atom is 0.297 e. The SMILES string of the molecule is O=S(=O)(OCc1ncc(Br)cn1)c1ccccc1. The molecule has 1 aromatic carbocycles. The van der Waals surface area contributed by atoms with Gasteiger partial charge in [0.25, 0.3) is 10.1 Å². The summed E-state index contributed by atoms with van der Waals surface area (Å²) in [7, 11) is -3.76. The van der Waals surface area contributed by atoms with Crippen molar-refractivity contribution >= 4 is 26.0 Å². The number of hydrogen-bond donors (Lipinski definition) is 0. The largest absolute Gasteiger partial charge is 0.297 e. The van der Waals surface area contributed by atoms with Crippen LogP contribution in [0.25, 0.3) is 0 Å². The van der Waals surface area contributed by atoms with Crippen LogP contribution in [0.5, 0.6) is 0 Å². The Morgan fingerprint density at radius 1 is 1.11 bits per heavy atom. The molecule has 0 unspecified atom stereocenters. The first-order chi connectivity index (χ1) is 8.58. The molecule has 5 nitrogen and oxygen atoms in total. The van der Waals surface area contributed by atoms with Gasteiger partial charge in [0.15, 0.2) is 5.82 Å². The molecule has 7 heteroatoms. The van der Waals surface area contributed by atoms with Crippen LogP contribution in [-0.2, 0) is 20.9 Å². The molecule has 1 heterocycles. The molecule has 1 aromatic heterocycles. The molecule has 0 saturated carbocycles. The van der Waals surface area contributed by atoms with E-state index in [0.29, 0.717) is 5.82 Å². The average Bonchev–Trinajstić information content (AvgIpc) is 2.39. The molecule has 2 aromatic rings. The van der Waals surface area contributed by atoms with Gasteiger partial charge in [-0.3, -0.25) is 4.18 Å². The van der Waals surface area contributed by atoms with E-state index in [2.05, 4.69) is 25.9 Å². The highest BCUT2D eigenvalue weighted by Crippen LogP contribution is 2.13. The van der Waals surface area contributed by atoms with E-state index in [4.69, 9.17) is 4.18 Å². The smallest absolute Gasteiger partial charge is 0.258 e. The van der Waals surface area contributed by atoms with E-state index in [0.717, 1.165) is 4.47 Å². The molecule has 0 radical (unpaired) electrons. The third-order valence-electron chi connectivity index (χ3n) is 2.05. The fourth-order valence-electron chi connectivity index (χ4n) is 1.20. The third kappa shape index (κ3) is 3.34. The minimum Gasteiger partial charge on any atom is -0.258 e. The van der Waals surface area contributed by atoms with Crippen molar-refractivity contribution in [3.05, 3.63) is 53.0 Å². The van der Waals surface area contributed by atoms with Crippen molar-refractivity contribution in [3.63, 3.8) is 0 Å². The number of nitrogens with zero attached hydrogens (tertiary/aromatic N) is 2. The molecule has 0 atom stereocenters. The maximum absolute atomic E-state index is 11.8. The number of rotatable bonds is 4. The van der Waals surface area contributed by atoms with Gasteiger partial charge in [-0.2, -0.15) is 8.42 Å². The molecule has 0 aliphatic rings. The minimum atomic E-state index is -3.76. The van der Waals surface area contributed by atoms with E-state index in [1.165, 1.54) is 24.5 Å². The Morgan fingerprint density at radius 3 is 2.33 bits per heavy atom. The second-order valence-corrected chi connectivity index (χ2v) is 5.88. The Labute approximate surface area is 113 Å². The zero-order valence-electron chi connectivity index (χ0n) is 9.15. The lowest BCUT2D eigenvalue weighted by Crippen LogP contribution is -2.08. The van der Waals surface area contributed by atoms with E-state index in [-0.39, 0.29) is 11.5 Å². The van der Waals surface area contributed by atoms with Gasteiger partial charge < -0.3 is 0 Å². The summed E-state index contributed by atoms with van der Waals surface area (Å²) in [4.78, 5) is 7.97. The van der Waals surface area contributed by atoms with Crippen molar-refractivity contribution in [1.82, 2.24) is 9.97 Å². The first-order valence-corrected chi connectivity index (χ1v) is 7.19. The molecule has 94 valence electrons. The maximum atomic E-state index is 11.8. The van der Waals surface area contributed by atoms with Crippen molar-refractivity contribution in [1.29, 1.82) is 0 Å². The summed E-state index contributed by atoms with van der Waals surface area (Å²) in [5.41, 5.74) is 0. The highest BCUT2D eigenvalue weighted by Gasteiger charge is 2.15. The van der Waals surface area contributed by atoms with Gasteiger partial charge in [0.1, 0.15) is 6.61 Å². The third-order valence-corrected chi connectivity index (χ3v) is 3.74. The molecule has 2 rings (SSSR count). The molecular weight excluding hydrogens is 320 g/mol. The molecule has 0 spiro atoms. The average molecular weight is 329 g/mol. The van der Waals surface area contributed by atoms with Crippen LogP contribution < -0.4 is 0 Å². The molecule has 18 heavy (non-hydrogen) atoms. The van der Waals surface area contributed by atoms with Gasteiger partial charge in [0, 0.05) is 12.4 Å². The van der Waals surface area contributed by atoms with Crippen molar-refractivity contribution < 1.29 is 12.6 Å². The van der Waals surface area contributed by atoms with Crippen LogP contribution in [0.1, 0.15) is 5.82 Å². The standard InChI is InChI=1S/C11H9BrN2O3S/c12-9-6-13-11(14-7-9)8-17-18(15,16)10-4-2-1-3-5-10/h1-7H,8H2. The van der Waals surface area contributed by atoms with Crippen LogP contribution in [0.3, 0.4) is 0 Å². The van der Waals surface area contributed by atoms with E-state index >= 15 is 0 Å². The molecule has 0 aliphatic carbocycles. The van der Waals surface area contributed by atoms with Crippen LogP contribution in [0, 0.1) is 0 Å². The normalized spacial score (nSPS) is 11.4. The first-order valence-electron chi connectivity index (χ1n) is 4.99. The van der Waals surface area contributed by atoms with Crippen molar-refractivity contribution in [3.8, 4) is 0 Å². The Hall–Kier alpha value is -1.31. The second-order valence-electron chi connectivity index (χ2n) is 3.35. The van der Waals surface area contributed by atoms with Crippen LogP contribution in [0.4, 0.5) is 0 Å². The molecule has 0 bridgehead atoms. The fourth-order valence-corrected chi connectivity index (χ4v) is 2.29. The molecule has 0 fully saturated rings. The number of aromatic nitrogens is 2. The van der Waals surface area contributed by atoms with Crippen molar-refractivity contribution in [2.75, 3.05) is 0 Å². The lowest BCUT2D eigenvalue weighted by Gasteiger charge is -2.04. The van der Waals surface area contributed by atoms with Crippen molar-refractivity contribution in [2.45, 2.75) is 11.5 Å². The zero-order valence-corrected chi connectivity index (χ0v) is 11.6. The van der Waals surface area contributed by atoms with Crippen LogP contribution >= 0.6 is 15.9 Å². The Kier molecular flexibility index (Phi) is 4.05. The van der Waals surface area contributed by atoms with Crippen LogP contribution in [-0.4, -0.2) is 18.4 Å². The Morgan fingerprint density at radius 2 is 1.72 bits per heavy atom. The number of benzene rings is 1. The summed E-state index contributed by atoms with van der Waals surface area (Å²) in [5.74, 6) is 0.303. The first kappa shape index (κ1) is 13.1. The van der Waals surface area contributed by atoms with E-state index < -0.39 is 10.1 Å². The van der Waals surface area contributed by atoms with E-state index in [9.17, 15) is 8.42 Å². The van der Waals surface area contributed by atoms with Gasteiger partial charge in [0.05, 0.1) is 9.37 Å². The topological polar surface area (TPSA) is 69.2 Å². The predicted octanol–water partition coefficient (Wildman–Crippen LogP) is 2.14. The summed E-state index contributed by atoms with van der Waals surface area (Å²) >= 11 is 3.19. The lowest BCUT2D eigenvalue weighted by molar-refractivity contribution is 0.298. The van der Waals surface area contributed by atoms with Gasteiger partial charge >= 0.3 is 0 Å². The zero-order chi connectivity index (χ0) is 13.0. The van der Waals surface area contributed by atoms with Gasteiger partial charge in [-0.25, -0.2) is 9.97 Å². The highest BCUT2D eigenvalue weighted by atomic mass is 79.9. The van der Waals surface area contributed by atoms with Gasteiger partial charge in [-0.15, -0.1) is 0 Å². The Bertz CT molecular complexity index is 614. The summed E-state index contributed by atoms with van der Waals surface area (Å²) < 4.78 is 29.2.